The second kappa shape index (κ2) is 10.1. The van der Waals surface area contributed by atoms with Crippen LogP contribution in [0.15, 0.2) is 48.5 Å². The van der Waals surface area contributed by atoms with Crippen LogP contribution >= 0.6 is 0 Å². The number of benzene rings is 2. The van der Waals surface area contributed by atoms with E-state index in [-0.39, 0.29) is 30.8 Å². The highest BCUT2D eigenvalue weighted by atomic mass is 19.1. The number of hydrogen-bond acceptors (Lipinski definition) is 4. The van der Waals surface area contributed by atoms with Crippen molar-refractivity contribution in [2.75, 3.05) is 32.8 Å². The van der Waals surface area contributed by atoms with Gasteiger partial charge in [0.15, 0.2) is 0 Å². The summed E-state index contributed by atoms with van der Waals surface area (Å²) in [6.45, 7) is 2.82. The molecule has 1 saturated heterocycles. The van der Waals surface area contributed by atoms with Gasteiger partial charge in [0.1, 0.15) is 11.6 Å². The Balaban J connectivity index is 1.57. The van der Waals surface area contributed by atoms with Crippen molar-refractivity contribution in [3.63, 3.8) is 0 Å². The minimum Gasteiger partial charge on any atom is -0.379 e. The van der Waals surface area contributed by atoms with Crippen LogP contribution < -0.4 is 10.6 Å². The van der Waals surface area contributed by atoms with Crippen molar-refractivity contribution in [2.45, 2.75) is 12.6 Å². The fourth-order valence-electron chi connectivity index (χ4n) is 3.17. The quantitative estimate of drug-likeness (QED) is 0.722. The van der Waals surface area contributed by atoms with E-state index in [0.717, 1.165) is 5.56 Å². The van der Waals surface area contributed by atoms with Crippen molar-refractivity contribution in [1.82, 2.24) is 15.5 Å². The first kappa shape index (κ1) is 20.9. The molecule has 1 aliphatic heterocycles. The van der Waals surface area contributed by atoms with Gasteiger partial charge in [0.2, 0.25) is 0 Å². The van der Waals surface area contributed by atoms with E-state index in [1.165, 1.54) is 36.4 Å². The Labute approximate surface area is 167 Å². The first-order chi connectivity index (χ1) is 14.0. The topological polar surface area (TPSA) is 70.7 Å². The summed E-state index contributed by atoms with van der Waals surface area (Å²) in [4.78, 5) is 26.4. The third kappa shape index (κ3) is 6.07. The molecule has 6 nitrogen and oxygen atoms in total. The number of ether oxygens (including phenoxy) is 1. The molecule has 154 valence electrons. The lowest BCUT2D eigenvalue weighted by molar-refractivity contribution is -0.139. The number of rotatable bonds is 6. The number of morpholine rings is 1. The van der Waals surface area contributed by atoms with Crippen molar-refractivity contribution < 1.29 is 23.1 Å². The summed E-state index contributed by atoms with van der Waals surface area (Å²) in [6.07, 6.45) is 0. The van der Waals surface area contributed by atoms with Crippen LogP contribution in [0.1, 0.15) is 17.2 Å². The molecule has 1 aliphatic rings. The Morgan fingerprint density at radius 2 is 1.45 bits per heavy atom. The molecule has 2 N–H and O–H groups in total. The highest BCUT2D eigenvalue weighted by Gasteiger charge is 2.24. The Morgan fingerprint density at radius 1 is 0.897 bits per heavy atom. The maximum atomic E-state index is 13.3. The molecule has 2 aromatic carbocycles. The molecule has 1 heterocycles. The van der Waals surface area contributed by atoms with E-state index in [0.29, 0.717) is 31.9 Å². The van der Waals surface area contributed by atoms with Crippen LogP contribution in [0, 0.1) is 11.6 Å². The molecule has 3 rings (SSSR count). The second-order valence-electron chi connectivity index (χ2n) is 6.73. The molecular weight excluding hydrogens is 380 g/mol. The molecule has 1 atom stereocenters. The van der Waals surface area contributed by atoms with Crippen molar-refractivity contribution in [3.8, 4) is 0 Å². The Morgan fingerprint density at radius 3 is 2.07 bits per heavy atom. The Hall–Kier alpha value is -2.84. The van der Waals surface area contributed by atoms with E-state index < -0.39 is 11.8 Å². The SMILES string of the molecule is O=C(NCc1ccc(F)cc1)C(=O)NC[C@@H](c1ccc(F)cc1)N1CCOCC1. The predicted molar refractivity (Wildman–Crippen MR) is 103 cm³/mol. The molecule has 29 heavy (non-hydrogen) atoms. The van der Waals surface area contributed by atoms with Gasteiger partial charge in [-0.2, -0.15) is 0 Å². The smallest absolute Gasteiger partial charge is 0.309 e. The van der Waals surface area contributed by atoms with E-state index in [2.05, 4.69) is 15.5 Å². The van der Waals surface area contributed by atoms with Gasteiger partial charge >= 0.3 is 11.8 Å². The minimum atomic E-state index is -0.769. The lowest BCUT2D eigenvalue weighted by Crippen LogP contribution is -2.46. The molecular formula is C21H23F2N3O3. The molecule has 0 aliphatic carbocycles. The number of carbonyl (C=O) groups is 2. The third-order valence-corrected chi connectivity index (χ3v) is 4.77. The summed E-state index contributed by atoms with van der Waals surface area (Å²) in [7, 11) is 0. The maximum Gasteiger partial charge on any atom is 0.309 e. The fourth-order valence-corrected chi connectivity index (χ4v) is 3.17. The van der Waals surface area contributed by atoms with Gasteiger partial charge in [-0.05, 0) is 35.4 Å². The molecule has 0 spiro atoms. The predicted octanol–water partition coefficient (Wildman–Crippen LogP) is 1.77. The number of carbonyl (C=O) groups excluding carboxylic acids is 2. The van der Waals surface area contributed by atoms with Crippen LogP contribution in [0.5, 0.6) is 0 Å². The van der Waals surface area contributed by atoms with E-state index in [4.69, 9.17) is 4.74 Å². The zero-order chi connectivity index (χ0) is 20.6. The number of nitrogens with zero attached hydrogens (tertiary/aromatic N) is 1. The summed E-state index contributed by atoms with van der Waals surface area (Å²) in [5.74, 6) is -2.23. The van der Waals surface area contributed by atoms with Crippen LogP contribution in [0.25, 0.3) is 0 Å². The Bertz CT molecular complexity index is 822. The normalized spacial score (nSPS) is 15.5. The minimum absolute atomic E-state index is 0.122. The van der Waals surface area contributed by atoms with Gasteiger partial charge in [0, 0.05) is 26.2 Å². The molecule has 1 fully saturated rings. The van der Waals surface area contributed by atoms with Gasteiger partial charge in [-0.1, -0.05) is 24.3 Å². The molecule has 2 aromatic rings. The van der Waals surface area contributed by atoms with Crippen molar-refractivity contribution in [1.29, 1.82) is 0 Å². The van der Waals surface area contributed by atoms with Crippen LogP contribution in [0.4, 0.5) is 8.78 Å². The van der Waals surface area contributed by atoms with Crippen LogP contribution in [0.2, 0.25) is 0 Å². The molecule has 0 radical (unpaired) electrons. The highest BCUT2D eigenvalue weighted by Crippen LogP contribution is 2.21. The average molecular weight is 403 g/mol. The van der Waals surface area contributed by atoms with Gasteiger partial charge in [-0.3, -0.25) is 14.5 Å². The van der Waals surface area contributed by atoms with E-state index in [1.54, 1.807) is 12.1 Å². The molecule has 8 heteroatoms. The summed E-state index contributed by atoms with van der Waals surface area (Å²) in [5.41, 5.74) is 1.53. The number of amides is 2. The summed E-state index contributed by atoms with van der Waals surface area (Å²) >= 11 is 0. The first-order valence-corrected chi connectivity index (χ1v) is 9.40. The monoisotopic (exact) mass is 403 g/mol. The molecule has 0 saturated carbocycles. The summed E-state index contributed by atoms with van der Waals surface area (Å²) < 4.78 is 31.6. The maximum absolute atomic E-state index is 13.3. The fraction of sp³-hybridized carbons (Fsp3) is 0.333. The first-order valence-electron chi connectivity index (χ1n) is 9.40. The average Bonchev–Trinajstić information content (AvgIpc) is 2.75. The van der Waals surface area contributed by atoms with Gasteiger partial charge in [-0.15, -0.1) is 0 Å². The van der Waals surface area contributed by atoms with Crippen LogP contribution in [-0.2, 0) is 20.9 Å². The molecule has 0 bridgehead atoms. The lowest BCUT2D eigenvalue weighted by atomic mass is 10.0. The van der Waals surface area contributed by atoms with E-state index in [9.17, 15) is 18.4 Å². The number of nitrogens with one attached hydrogen (secondary N) is 2. The zero-order valence-electron chi connectivity index (χ0n) is 15.9. The number of halogens is 2. The van der Waals surface area contributed by atoms with Crippen molar-refractivity contribution in [2.24, 2.45) is 0 Å². The van der Waals surface area contributed by atoms with Gasteiger partial charge in [0.25, 0.3) is 0 Å². The standard InChI is InChI=1S/C21H23F2N3O3/c22-17-5-1-15(2-6-17)13-24-20(27)21(28)25-14-19(26-9-11-29-12-10-26)16-3-7-18(23)8-4-16/h1-8,19H,9-14H2,(H,24,27)(H,25,28)/t19-/m0/s1. The van der Waals surface area contributed by atoms with Gasteiger partial charge in [0.05, 0.1) is 19.3 Å². The zero-order valence-corrected chi connectivity index (χ0v) is 15.9. The number of hydrogen-bond donors (Lipinski definition) is 2. The van der Waals surface area contributed by atoms with Crippen LogP contribution in [0.3, 0.4) is 0 Å². The largest absolute Gasteiger partial charge is 0.379 e. The summed E-state index contributed by atoms with van der Waals surface area (Å²) in [6, 6.07) is 11.6. The highest BCUT2D eigenvalue weighted by molar-refractivity contribution is 6.35. The molecule has 2 amide bonds. The van der Waals surface area contributed by atoms with E-state index in [1.807, 2.05) is 0 Å². The summed E-state index contributed by atoms with van der Waals surface area (Å²) in [5, 5.41) is 5.16. The Kier molecular flexibility index (Phi) is 7.26. The lowest BCUT2D eigenvalue weighted by Gasteiger charge is -2.34. The van der Waals surface area contributed by atoms with Gasteiger partial charge < -0.3 is 15.4 Å². The second-order valence-corrected chi connectivity index (χ2v) is 6.73. The van der Waals surface area contributed by atoms with Crippen LogP contribution in [-0.4, -0.2) is 49.6 Å². The molecule has 0 unspecified atom stereocenters. The van der Waals surface area contributed by atoms with Crippen molar-refractivity contribution in [3.05, 3.63) is 71.3 Å². The van der Waals surface area contributed by atoms with Gasteiger partial charge in [-0.25, -0.2) is 8.78 Å². The molecule has 0 aromatic heterocycles. The third-order valence-electron chi connectivity index (χ3n) is 4.77. The van der Waals surface area contributed by atoms with E-state index >= 15 is 0 Å². The van der Waals surface area contributed by atoms with Crippen molar-refractivity contribution >= 4 is 11.8 Å².